The first-order valence-corrected chi connectivity index (χ1v) is 10.6. The van der Waals surface area contributed by atoms with Gasteiger partial charge in [-0.3, -0.25) is 9.59 Å². The van der Waals surface area contributed by atoms with Crippen molar-refractivity contribution in [2.75, 3.05) is 6.26 Å². The van der Waals surface area contributed by atoms with Crippen molar-refractivity contribution in [3.8, 4) is 5.75 Å². The number of rotatable bonds is 5. The first kappa shape index (κ1) is 21.1. The van der Waals surface area contributed by atoms with Crippen LogP contribution < -0.4 is 4.74 Å². The maximum atomic E-state index is 13.0. The van der Waals surface area contributed by atoms with Crippen molar-refractivity contribution in [3.63, 3.8) is 0 Å². The fourth-order valence-corrected chi connectivity index (χ4v) is 3.95. The SMILES string of the molecule is CC(=O)Oc1ccc(Cl)cc1C(C(=O)N=S(C)(=O)c1ccccn1)C(C)C. The molecule has 0 fully saturated rings. The number of pyridine rings is 1. The van der Waals surface area contributed by atoms with E-state index < -0.39 is 27.5 Å². The highest BCUT2D eigenvalue weighted by Crippen LogP contribution is 2.35. The van der Waals surface area contributed by atoms with E-state index in [1.165, 1.54) is 25.4 Å². The molecule has 2 atom stereocenters. The lowest BCUT2D eigenvalue weighted by atomic mass is 9.87. The van der Waals surface area contributed by atoms with Crippen molar-refractivity contribution in [2.45, 2.75) is 31.7 Å². The van der Waals surface area contributed by atoms with Crippen LogP contribution in [-0.2, 0) is 19.3 Å². The lowest BCUT2D eigenvalue weighted by Gasteiger charge is -2.21. The van der Waals surface area contributed by atoms with Gasteiger partial charge in [0.2, 0.25) is 0 Å². The number of carbonyl (C=O) groups excluding carboxylic acids is 2. The fraction of sp³-hybridized carbons (Fsp3) is 0.316. The average Bonchev–Trinajstić information content (AvgIpc) is 2.57. The van der Waals surface area contributed by atoms with Crippen molar-refractivity contribution in [1.29, 1.82) is 0 Å². The standard InChI is InChI=1S/C19H21ClN2O4S/c1-12(2)18(15-11-14(20)8-9-16(15)26-13(3)23)19(24)22-27(4,25)17-7-5-6-10-21-17/h5-12,18H,1-4H3. The third-order valence-electron chi connectivity index (χ3n) is 3.78. The van der Waals surface area contributed by atoms with Gasteiger partial charge in [-0.25, -0.2) is 9.19 Å². The molecule has 2 aromatic rings. The van der Waals surface area contributed by atoms with Gasteiger partial charge in [0.05, 0.1) is 15.6 Å². The third kappa shape index (κ3) is 5.37. The second-order valence-electron chi connectivity index (χ2n) is 6.40. The van der Waals surface area contributed by atoms with Crippen molar-refractivity contribution in [2.24, 2.45) is 10.3 Å². The van der Waals surface area contributed by atoms with Crippen molar-refractivity contribution in [3.05, 3.63) is 53.2 Å². The molecule has 0 radical (unpaired) electrons. The summed E-state index contributed by atoms with van der Waals surface area (Å²) in [7, 11) is -3.02. The zero-order chi connectivity index (χ0) is 20.2. The van der Waals surface area contributed by atoms with E-state index in [1.54, 1.807) is 30.3 Å². The summed E-state index contributed by atoms with van der Waals surface area (Å²) in [4.78, 5) is 28.4. The predicted molar refractivity (Wildman–Crippen MR) is 104 cm³/mol. The molecule has 8 heteroatoms. The minimum atomic E-state index is -3.02. The van der Waals surface area contributed by atoms with Crippen LogP contribution in [0.4, 0.5) is 0 Å². The normalized spacial score (nSPS) is 14.3. The number of carbonyl (C=O) groups is 2. The van der Waals surface area contributed by atoms with Gasteiger partial charge in [0, 0.05) is 30.0 Å². The summed E-state index contributed by atoms with van der Waals surface area (Å²) in [6.45, 7) is 4.93. The molecule has 0 N–H and O–H groups in total. The second kappa shape index (κ2) is 8.63. The number of halogens is 1. The Bertz CT molecular complexity index is 967. The van der Waals surface area contributed by atoms with Crippen LogP contribution >= 0.6 is 11.6 Å². The molecule has 1 heterocycles. The average molecular weight is 409 g/mol. The second-order valence-corrected chi connectivity index (χ2v) is 9.04. The molecule has 0 spiro atoms. The molecule has 0 aliphatic heterocycles. The summed E-state index contributed by atoms with van der Waals surface area (Å²) in [6, 6.07) is 9.60. The zero-order valence-electron chi connectivity index (χ0n) is 15.5. The molecular weight excluding hydrogens is 388 g/mol. The molecule has 1 amide bonds. The summed E-state index contributed by atoms with van der Waals surface area (Å²) in [5.41, 5.74) is 0.428. The van der Waals surface area contributed by atoms with Gasteiger partial charge < -0.3 is 4.74 Å². The quantitative estimate of drug-likeness (QED) is 0.549. The van der Waals surface area contributed by atoms with E-state index in [-0.39, 0.29) is 16.7 Å². The number of hydrogen-bond donors (Lipinski definition) is 0. The Hall–Kier alpha value is -2.25. The van der Waals surface area contributed by atoms with Crippen molar-refractivity contribution < 1.29 is 18.5 Å². The summed E-state index contributed by atoms with van der Waals surface area (Å²) in [5.74, 6) is -1.85. The molecular formula is C19H21ClN2O4S. The lowest BCUT2D eigenvalue weighted by Crippen LogP contribution is -2.20. The molecule has 0 aliphatic carbocycles. The number of hydrogen-bond acceptors (Lipinski definition) is 5. The summed E-state index contributed by atoms with van der Waals surface area (Å²) >= 11 is 6.09. The number of esters is 1. The van der Waals surface area contributed by atoms with E-state index in [0.717, 1.165) is 0 Å². The molecule has 2 rings (SSSR count). The molecule has 144 valence electrons. The Morgan fingerprint density at radius 1 is 1.22 bits per heavy atom. The monoisotopic (exact) mass is 408 g/mol. The zero-order valence-corrected chi connectivity index (χ0v) is 17.1. The Morgan fingerprint density at radius 3 is 2.48 bits per heavy atom. The third-order valence-corrected chi connectivity index (χ3v) is 5.56. The molecule has 1 aromatic heterocycles. The Morgan fingerprint density at radius 2 is 1.93 bits per heavy atom. The highest BCUT2D eigenvalue weighted by molar-refractivity contribution is 7.93. The lowest BCUT2D eigenvalue weighted by molar-refractivity contribution is -0.132. The molecule has 0 bridgehead atoms. The maximum Gasteiger partial charge on any atom is 0.308 e. The summed E-state index contributed by atoms with van der Waals surface area (Å²) in [6.07, 6.45) is 2.86. The number of nitrogens with zero attached hydrogens (tertiary/aromatic N) is 2. The maximum absolute atomic E-state index is 13.0. The molecule has 6 nitrogen and oxygen atoms in total. The summed E-state index contributed by atoms with van der Waals surface area (Å²) in [5, 5.41) is 0.619. The molecule has 0 saturated heterocycles. The van der Waals surface area contributed by atoms with E-state index in [0.29, 0.717) is 10.6 Å². The van der Waals surface area contributed by atoms with Crippen LogP contribution in [0.25, 0.3) is 0 Å². The summed E-state index contributed by atoms with van der Waals surface area (Å²) < 4.78 is 22.1. The Kier molecular flexibility index (Phi) is 6.73. The van der Waals surface area contributed by atoms with E-state index >= 15 is 0 Å². The number of amides is 1. The van der Waals surface area contributed by atoms with Crippen LogP contribution in [0.1, 0.15) is 32.3 Å². The van der Waals surface area contributed by atoms with Gasteiger partial charge in [-0.05, 0) is 36.2 Å². The Labute approximate surface area is 164 Å². The van der Waals surface area contributed by atoms with Crippen LogP contribution in [0.2, 0.25) is 5.02 Å². The minimum Gasteiger partial charge on any atom is -0.426 e. The van der Waals surface area contributed by atoms with Crippen LogP contribution in [0.5, 0.6) is 5.75 Å². The molecule has 0 saturated carbocycles. The first-order chi connectivity index (χ1) is 12.6. The topological polar surface area (TPSA) is 85.7 Å². The van der Waals surface area contributed by atoms with Gasteiger partial charge in [-0.15, -0.1) is 0 Å². The molecule has 2 unspecified atom stereocenters. The predicted octanol–water partition coefficient (Wildman–Crippen LogP) is 4.08. The van der Waals surface area contributed by atoms with E-state index in [9.17, 15) is 13.8 Å². The van der Waals surface area contributed by atoms with Crippen LogP contribution in [0.15, 0.2) is 52.0 Å². The van der Waals surface area contributed by atoms with Gasteiger partial charge in [-0.2, -0.15) is 4.36 Å². The smallest absolute Gasteiger partial charge is 0.308 e. The van der Waals surface area contributed by atoms with Gasteiger partial charge in [0.25, 0.3) is 5.91 Å². The minimum absolute atomic E-state index is 0.201. The van der Waals surface area contributed by atoms with Crippen LogP contribution in [0, 0.1) is 5.92 Å². The first-order valence-electron chi connectivity index (χ1n) is 8.26. The molecule has 1 aromatic carbocycles. The van der Waals surface area contributed by atoms with E-state index in [4.69, 9.17) is 16.3 Å². The van der Waals surface area contributed by atoms with Crippen molar-refractivity contribution in [1.82, 2.24) is 4.98 Å². The fourth-order valence-electron chi connectivity index (χ4n) is 2.63. The number of benzene rings is 1. The van der Waals surface area contributed by atoms with Gasteiger partial charge in [-0.1, -0.05) is 31.5 Å². The van der Waals surface area contributed by atoms with E-state index in [1.807, 2.05) is 13.8 Å². The van der Waals surface area contributed by atoms with Gasteiger partial charge in [0.1, 0.15) is 10.8 Å². The van der Waals surface area contributed by atoms with Gasteiger partial charge >= 0.3 is 5.97 Å². The van der Waals surface area contributed by atoms with Crippen LogP contribution in [-0.4, -0.2) is 27.3 Å². The van der Waals surface area contributed by atoms with Crippen LogP contribution in [0.3, 0.4) is 0 Å². The highest BCUT2D eigenvalue weighted by Gasteiger charge is 2.29. The van der Waals surface area contributed by atoms with Gasteiger partial charge in [0.15, 0.2) is 0 Å². The molecule has 0 aliphatic rings. The Balaban J connectivity index is 2.54. The van der Waals surface area contributed by atoms with E-state index in [2.05, 4.69) is 9.35 Å². The highest BCUT2D eigenvalue weighted by atomic mass is 35.5. The number of ether oxygens (including phenoxy) is 1. The largest absolute Gasteiger partial charge is 0.426 e. The molecule has 27 heavy (non-hydrogen) atoms. The number of aromatic nitrogens is 1. The van der Waals surface area contributed by atoms with Crippen molar-refractivity contribution >= 4 is 33.2 Å².